The molecular formula is C25H23N3O3S. The molecule has 3 rings (SSSR count). The van der Waals surface area contributed by atoms with Crippen molar-refractivity contribution in [2.45, 2.75) is 18.0 Å². The molecule has 0 heterocycles. The third-order valence-electron chi connectivity index (χ3n) is 4.77. The summed E-state index contributed by atoms with van der Waals surface area (Å²) in [5.74, 6) is -0.327. The highest BCUT2D eigenvalue weighted by Gasteiger charge is 2.19. The van der Waals surface area contributed by atoms with E-state index in [1.807, 2.05) is 36.4 Å². The fourth-order valence-electron chi connectivity index (χ4n) is 3.17. The molecule has 0 aliphatic carbocycles. The zero-order valence-electron chi connectivity index (χ0n) is 17.4. The summed E-state index contributed by atoms with van der Waals surface area (Å²) in [5, 5.41) is 9.10. The second-order valence-electron chi connectivity index (χ2n) is 7.12. The van der Waals surface area contributed by atoms with Gasteiger partial charge in [0.25, 0.3) is 5.91 Å². The smallest absolute Gasteiger partial charge is 0.254 e. The fourth-order valence-corrected chi connectivity index (χ4v) is 4.23. The maximum Gasteiger partial charge on any atom is 0.254 e. The number of rotatable bonds is 9. The number of amides is 1. The average Bonchev–Trinajstić information content (AvgIpc) is 2.83. The standard InChI is InChI=1S/C25H23N3O3S/c1-2-14-28(19-22-11-6-10-21(15-22)17-26)25(29)23-12-7-13-24(16-23)32(30,31)27-18-20-8-4-3-5-9-20/h2-13,15-16,27H,1,14,18-19H2. The number of carbonyl (C=O) groups is 1. The first-order valence-electron chi connectivity index (χ1n) is 9.96. The van der Waals surface area contributed by atoms with Gasteiger partial charge in [-0.3, -0.25) is 4.79 Å². The van der Waals surface area contributed by atoms with E-state index in [1.165, 1.54) is 12.1 Å². The molecule has 3 aromatic rings. The van der Waals surface area contributed by atoms with Gasteiger partial charge in [0, 0.05) is 25.2 Å². The second kappa shape index (κ2) is 10.5. The maximum atomic E-state index is 13.2. The van der Waals surface area contributed by atoms with E-state index in [1.54, 1.807) is 41.3 Å². The van der Waals surface area contributed by atoms with Crippen LogP contribution >= 0.6 is 0 Å². The number of hydrogen-bond donors (Lipinski definition) is 1. The van der Waals surface area contributed by atoms with E-state index in [2.05, 4.69) is 17.4 Å². The zero-order valence-corrected chi connectivity index (χ0v) is 18.3. The summed E-state index contributed by atoms with van der Waals surface area (Å²) in [5.41, 5.74) is 2.39. The topological polar surface area (TPSA) is 90.3 Å². The van der Waals surface area contributed by atoms with Crippen molar-refractivity contribution >= 4 is 15.9 Å². The highest BCUT2D eigenvalue weighted by Crippen LogP contribution is 2.16. The summed E-state index contributed by atoms with van der Waals surface area (Å²) in [6, 6.07) is 24.2. The number of sulfonamides is 1. The third kappa shape index (κ3) is 5.91. The quantitative estimate of drug-likeness (QED) is 0.506. The fraction of sp³-hybridized carbons (Fsp3) is 0.120. The molecule has 0 aliphatic rings. The molecule has 1 amide bonds. The minimum atomic E-state index is -3.80. The highest BCUT2D eigenvalue weighted by molar-refractivity contribution is 7.89. The summed E-state index contributed by atoms with van der Waals surface area (Å²) in [6.45, 7) is 4.41. The minimum absolute atomic E-state index is 0.0179. The number of nitriles is 1. The van der Waals surface area contributed by atoms with Crippen LogP contribution in [-0.4, -0.2) is 25.8 Å². The maximum absolute atomic E-state index is 13.2. The van der Waals surface area contributed by atoms with Crippen molar-refractivity contribution in [2.24, 2.45) is 0 Å². The Bertz CT molecular complexity index is 1250. The molecule has 32 heavy (non-hydrogen) atoms. The van der Waals surface area contributed by atoms with Crippen molar-refractivity contribution in [3.8, 4) is 6.07 Å². The lowest BCUT2D eigenvalue weighted by Gasteiger charge is -2.22. The van der Waals surface area contributed by atoms with Gasteiger partial charge < -0.3 is 4.90 Å². The van der Waals surface area contributed by atoms with Crippen LogP contribution in [0.3, 0.4) is 0 Å². The van der Waals surface area contributed by atoms with Crippen molar-refractivity contribution in [3.63, 3.8) is 0 Å². The normalized spacial score (nSPS) is 10.8. The van der Waals surface area contributed by atoms with Crippen LogP contribution in [0.5, 0.6) is 0 Å². The van der Waals surface area contributed by atoms with E-state index in [0.717, 1.165) is 11.1 Å². The van der Waals surface area contributed by atoms with Crippen molar-refractivity contribution in [2.75, 3.05) is 6.54 Å². The minimum Gasteiger partial charge on any atom is -0.331 e. The monoisotopic (exact) mass is 445 g/mol. The van der Waals surface area contributed by atoms with Gasteiger partial charge in [0.05, 0.1) is 16.5 Å². The molecule has 7 heteroatoms. The van der Waals surface area contributed by atoms with Gasteiger partial charge in [-0.15, -0.1) is 6.58 Å². The van der Waals surface area contributed by atoms with E-state index >= 15 is 0 Å². The van der Waals surface area contributed by atoms with Gasteiger partial charge >= 0.3 is 0 Å². The molecule has 0 fully saturated rings. The van der Waals surface area contributed by atoms with Gasteiger partial charge in [-0.2, -0.15) is 5.26 Å². The van der Waals surface area contributed by atoms with Crippen LogP contribution in [0, 0.1) is 11.3 Å². The van der Waals surface area contributed by atoms with Crippen LogP contribution in [0.15, 0.2) is 96.4 Å². The van der Waals surface area contributed by atoms with Crippen molar-refractivity contribution < 1.29 is 13.2 Å². The van der Waals surface area contributed by atoms with Gasteiger partial charge in [-0.05, 0) is 41.5 Å². The number of hydrogen-bond acceptors (Lipinski definition) is 4. The van der Waals surface area contributed by atoms with Crippen LogP contribution < -0.4 is 4.72 Å². The molecule has 3 aromatic carbocycles. The van der Waals surface area contributed by atoms with Gasteiger partial charge in [0.15, 0.2) is 0 Å². The molecule has 1 N–H and O–H groups in total. The lowest BCUT2D eigenvalue weighted by Crippen LogP contribution is -2.31. The zero-order chi connectivity index (χ0) is 23.0. The number of carbonyl (C=O) groups excluding carboxylic acids is 1. The molecule has 0 radical (unpaired) electrons. The van der Waals surface area contributed by atoms with Crippen molar-refractivity contribution in [1.82, 2.24) is 9.62 Å². The summed E-state index contributed by atoms with van der Waals surface area (Å²) in [7, 11) is -3.80. The number of benzene rings is 3. The van der Waals surface area contributed by atoms with Gasteiger partial charge in [0.1, 0.15) is 0 Å². The summed E-state index contributed by atoms with van der Waals surface area (Å²) >= 11 is 0. The van der Waals surface area contributed by atoms with E-state index in [4.69, 9.17) is 5.26 Å². The summed E-state index contributed by atoms with van der Waals surface area (Å²) < 4.78 is 28.1. The Labute approximate surface area is 188 Å². The molecule has 6 nitrogen and oxygen atoms in total. The third-order valence-corrected chi connectivity index (χ3v) is 6.17. The Kier molecular flexibility index (Phi) is 7.55. The van der Waals surface area contributed by atoms with Gasteiger partial charge in [0.2, 0.25) is 10.0 Å². The summed E-state index contributed by atoms with van der Waals surface area (Å²) in [4.78, 5) is 14.7. The van der Waals surface area contributed by atoms with Crippen molar-refractivity contribution in [1.29, 1.82) is 5.26 Å². The predicted octanol–water partition coefficient (Wildman–Crippen LogP) is 3.87. The molecule has 0 spiro atoms. The van der Waals surface area contributed by atoms with Gasteiger partial charge in [-0.25, -0.2) is 13.1 Å². The molecule has 0 aliphatic heterocycles. The first-order valence-corrected chi connectivity index (χ1v) is 11.4. The average molecular weight is 446 g/mol. The Balaban J connectivity index is 1.80. The Morgan fingerprint density at radius 1 is 1.00 bits per heavy atom. The van der Waals surface area contributed by atoms with E-state index in [0.29, 0.717) is 5.56 Å². The molecule has 0 saturated carbocycles. The molecule has 0 bridgehead atoms. The first-order chi connectivity index (χ1) is 15.4. The molecule has 0 saturated heterocycles. The Hall–Kier alpha value is -3.73. The number of nitrogens with zero attached hydrogens (tertiary/aromatic N) is 2. The lowest BCUT2D eigenvalue weighted by atomic mass is 10.1. The van der Waals surface area contributed by atoms with Crippen LogP contribution in [0.1, 0.15) is 27.0 Å². The highest BCUT2D eigenvalue weighted by atomic mass is 32.2. The second-order valence-corrected chi connectivity index (χ2v) is 8.89. The van der Waals surface area contributed by atoms with Crippen LogP contribution in [-0.2, 0) is 23.1 Å². The van der Waals surface area contributed by atoms with E-state index in [-0.39, 0.29) is 36.0 Å². The largest absolute Gasteiger partial charge is 0.331 e. The molecule has 0 unspecified atom stereocenters. The molecular weight excluding hydrogens is 422 g/mol. The van der Waals surface area contributed by atoms with Crippen LogP contribution in [0.4, 0.5) is 0 Å². The lowest BCUT2D eigenvalue weighted by molar-refractivity contribution is 0.0762. The number of nitrogens with one attached hydrogen (secondary N) is 1. The van der Waals surface area contributed by atoms with E-state index in [9.17, 15) is 13.2 Å². The SMILES string of the molecule is C=CCN(Cc1cccc(C#N)c1)C(=O)c1cccc(S(=O)(=O)NCc2ccccc2)c1. The van der Waals surface area contributed by atoms with Gasteiger partial charge in [-0.1, -0.05) is 54.6 Å². The van der Waals surface area contributed by atoms with Crippen LogP contribution in [0.25, 0.3) is 0 Å². The molecule has 162 valence electrons. The molecule has 0 aromatic heterocycles. The predicted molar refractivity (Wildman–Crippen MR) is 123 cm³/mol. The van der Waals surface area contributed by atoms with E-state index < -0.39 is 10.0 Å². The first kappa shape index (κ1) is 22.9. The van der Waals surface area contributed by atoms with Crippen molar-refractivity contribution in [3.05, 3.63) is 114 Å². The van der Waals surface area contributed by atoms with Crippen LogP contribution in [0.2, 0.25) is 0 Å². The molecule has 0 atom stereocenters. The Morgan fingerprint density at radius 3 is 2.44 bits per heavy atom. The Morgan fingerprint density at radius 2 is 1.72 bits per heavy atom. The summed E-state index contributed by atoms with van der Waals surface area (Å²) in [6.07, 6.45) is 1.61.